The third kappa shape index (κ3) is 7.66. The first kappa shape index (κ1) is 28.9. The fourth-order valence-corrected chi connectivity index (χ4v) is 5.95. The van der Waals surface area contributed by atoms with E-state index >= 15 is 0 Å². The Morgan fingerprint density at radius 3 is 2.19 bits per heavy atom. The summed E-state index contributed by atoms with van der Waals surface area (Å²) in [6, 6.07) is 21.3. The Morgan fingerprint density at radius 2 is 1.57 bits per heavy atom. The van der Waals surface area contributed by atoms with E-state index in [2.05, 4.69) is 37.2 Å². The SMILES string of the molecule is CCCNC(=O)[C@H](C)N(Cc1cccc(Br)c1)C(=O)CN(c1cccc(Br)c1)S(=O)(=O)c1ccccc1. The number of amides is 2. The van der Waals surface area contributed by atoms with Crippen molar-refractivity contribution in [3.63, 3.8) is 0 Å². The summed E-state index contributed by atoms with van der Waals surface area (Å²) in [5.41, 5.74) is 1.13. The molecule has 1 N–H and O–H groups in total. The van der Waals surface area contributed by atoms with Gasteiger partial charge in [0.05, 0.1) is 10.6 Å². The number of nitrogens with one attached hydrogen (secondary N) is 1. The third-order valence-corrected chi connectivity index (χ3v) is 8.44. The van der Waals surface area contributed by atoms with Crippen LogP contribution in [0.15, 0.2) is 92.7 Å². The molecule has 0 bridgehead atoms. The number of nitrogens with zero attached hydrogens (tertiary/aromatic N) is 2. The molecule has 10 heteroatoms. The summed E-state index contributed by atoms with van der Waals surface area (Å²) < 4.78 is 30.0. The highest BCUT2D eigenvalue weighted by molar-refractivity contribution is 9.10. The van der Waals surface area contributed by atoms with Crippen LogP contribution in [0.4, 0.5) is 5.69 Å². The van der Waals surface area contributed by atoms with Gasteiger partial charge in [0.2, 0.25) is 11.8 Å². The lowest BCUT2D eigenvalue weighted by molar-refractivity contribution is -0.139. The van der Waals surface area contributed by atoms with Crippen molar-refractivity contribution in [1.29, 1.82) is 0 Å². The van der Waals surface area contributed by atoms with E-state index in [1.165, 1.54) is 17.0 Å². The number of sulfonamides is 1. The van der Waals surface area contributed by atoms with Crippen molar-refractivity contribution < 1.29 is 18.0 Å². The average molecular weight is 651 g/mol. The maximum atomic E-state index is 13.8. The van der Waals surface area contributed by atoms with Gasteiger partial charge in [0, 0.05) is 22.0 Å². The Hall–Kier alpha value is -2.69. The highest BCUT2D eigenvalue weighted by Gasteiger charge is 2.32. The van der Waals surface area contributed by atoms with Gasteiger partial charge < -0.3 is 10.2 Å². The molecule has 37 heavy (non-hydrogen) atoms. The number of halogens is 2. The summed E-state index contributed by atoms with van der Waals surface area (Å²) in [5, 5.41) is 2.83. The molecule has 3 aromatic rings. The molecular formula is C27H29Br2N3O4S. The van der Waals surface area contributed by atoms with E-state index in [-0.39, 0.29) is 17.3 Å². The van der Waals surface area contributed by atoms with Gasteiger partial charge in [0.1, 0.15) is 12.6 Å². The Bertz CT molecular complexity index is 1340. The number of hydrogen-bond acceptors (Lipinski definition) is 4. The van der Waals surface area contributed by atoms with Gasteiger partial charge in [-0.25, -0.2) is 8.42 Å². The van der Waals surface area contributed by atoms with Gasteiger partial charge in [0.15, 0.2) is 0 Å². The zero-order valence-electron chi connectivity index (χ0n) is 20.6. The van der Waals surface area contributed by atoms with Gasteiger partial charge in [-0.3, -0.25) is 13.9 Å². The minimum atomic E-state index is -4.08. The van der Waals surface area contributed by atoms with E-state index in [0.29, 0.717) is 16.7 Å². The first-order valence-corrected chi connectivity index (χ1v) is 14.8. The van der Waals surface area contributed by atoms with Crippen molar-refractivity contribution >= 4 is 59.4 Å². The lowest BCUT2D eigenvalue weighted by Gasteiger charge is -2.32. The topological polar surface area (TPSA) is 86.8 Å². The smallest absolute Gasteiger partial charge is 0.264 e. The number of carbonyl (C=O) groups is 2. The fraction of sp³-hybridized carbons (Fsp3) is 0.259. The molecule has 2 amide bonds. The minimum Gasteiger partial charge on any atom is -0.354 e. The van der Waals surface area contributed by atoms with Crippen LogP contribution in [0.3, 0.4) is 0 Å². The van der Waals surface area contributed by atoms with Crippen LogP contribution < -0.4 is 9.62 Å². The molecular weight excluding hydrogens is 622 g/mol. The van der Waals surface area contributed by atoms with Gasteiger partial charge in [0.25, 0.3) is 10.0 Å². The van der Waals surface area contributed by atoms with E-state index in [1.54, 1.807) is 49.4 Å². The number of hydrogen-bond donors (Lipinski definition) is 1. The average Bonchev–Trinajstić information content (AvgIpc) is 2.88. The molecule has 0 aromatic heterocycles. The van der Waals surface area contributed by atoms with E-state index in [4.69, 9.17) is 0 Å². The second kappa shape index (κ2) is 13.2. The zero-order valence-corrected chi connectivity index (χ0v) is 24.6. The van der Waals surface area contributed by atoms with Crippen molar-refractivity contribution in [2.45, 2.75) is 37.8 Å². The number of anilines is 1. The predicted molar refractivity (Wildman–Crippen MR) is 153 cm³/mol. The molecule has 0 aliphatic carbocycles. The third-order valence-electron chi connectivity index (χ3n) is 5.66. The van der Waals surface area contributed by atoms with Crippen LogP contribution in [0.2, 0.25) is 0 Å². The molecule has 0 spiro atoms. The van der Waals surface area contributed by atoms with Crippen LogP contribution in [0.5, 0.6) is 0 Å². The van der Waals surface area contributed by atoms with Crippen LogP contribution in [0.25, 0.3) is 0 Å². The molecule has 0 aliphatic rings. The standard InChI is InChI=1S/C27H29Br2N3O4S/c1-3-15-30-27(34)20(2)31(18-21-9-7-10-22(28)16-21)26(33)19-32(24-12-8-11-23(29)17-24)37(35,36)25-13-5-4-6-14-25/h4-14,16-17,20H,3,15,18-19H2,1-2H3,(H,30,34)/t20-/m0/s1. The highest BCUT2D eigenvalue weighted by Crippen LogP contribution is 2.27. The quantitative estimate of drug-likeness (QED) is 0.303. The molecule has 0 heterocycles. The summed E-state index contributed by atoms with van der Waals surface area (Å²) in [5.74, 6) is -0.802. The first-order chi connectivity index (χ1) is 17.6. The van der Waals surface area contributed by atoms with Gasteiger partial charge in [-0.2, -0.15) is 0 Å². The van der Waals surface area contributed by atoms with E-state index in [9.17, 15) is 18.0 Å². The summed E-state index contributed by atoms with van der Waals surface area (Å²) >= 11 is 6.84. The van der Waals surface area contributed by atoms with E-state index in [0.717, 1.165) is 20.8 Å². The lowest BCUT2D eigenvalue weighted by atomic mass is 10.1. The van der Waals surface area contributed by atoms with Crippen molar-refractivity contribution in [2.75, 3.05) is 17.4 Å². The van der Waals surface area contributed by atoms with Gasteiger partial charge in [-0.15, -0.1) is 0 Å². The summed E-state index contributed by atoms with van der Waals surface area (Å²) in [4.78, 5) is 28.2. The van der Waals surface area contributed by atoms with Crippen LogP contribution >= 0.6 is 31.9 Å². The molecule has 0 aliphatic heterocycles. The molecule has 3 rings (SSSR count). The van der Waals surface area contributed by atoms with Crippen LogP contribution in [0, 0.1) is 0 Å². The molecule has 0 fully saturated rings. The maximum Gasteiger partial charge on any atom is 0.264 e. The van der Waals surface area contributed by atoms with Gasteiger partial charge in [-0.1, -0.05) is 75.2 Å². The van der Waals surface area contributed by atoms with Crippen molar-refractivity contribution in [1.82, 2.24) is 10.2 Å². The minimum absolute atomic E-state index is 0.0649. The second-order valence-electron chi connectivity index (χ2n) is 8.42. The van der Waals surface area contributed by atoms with Crippen LogP contribution in [-0.4, -0.2) is 44.3 Å². The Balaban J connectivity index is 2.01. The zero-order chi connectivity index (χ0) is 27.0. The molecule has 196 valence electrons. The van der Waals surface area contributed by atoms with Crippen molar-refractivity contribution in [3.05, 3.63) is 93.4 Å². The Labute approximate surface area is 235 Å². The summed E-state index contributed by atoms with van der Waals surface area (Å²) in [6.45, 7) is 3.73. The summed E-state index contributed by atoms with van der Waals surface area (Å²) in [7, 11) is -4.08. The lowest BCUT2D eigenvalue weighted by Crippen LogP contribution is -2.51. The molecule has 0 unspecified atom stereocenters. The van der Waals surface area contributed by atoms with E-state index < -0.39 is 28.5 Å². The van der Waals surface area contributed by atoms with Gasteiger partial charge in [-0.05, 0) is 61.4 Å². The number of benzene rings is 3. The molecule has 0 radical (unpaired) electrons. The van der Waals surface area contributed by atoms with E-state index in [1.807, 2.05) is 31.2 Å². The molecule has 0 saturated heterocycles. The fourth-order valence-electron chi connectivity index (χ4n) is 3.69. The van der Waals surface area contributed by atoms with Crippen molar-refractivity contribution in [2.24, 2.45) is 0 Å². The first-order valence-electron chi connectivity index (χ1n) is 11.8. The number of carbonyl (C=O) groups excluding carboxylic acids is 2. The maximum absolute atomic E-state index is 13.8. The Morgan fingerprint density at radius 1 is 0.919 bits per heavy atom. The van der Waals surface area contributed by atoms with Crippen LogP contribution in [-0.2, 0) is 26.2 Å². The normalized spacial score (nSPS) is 12.0. The van der Waals surface area contributed by atoms with Crippen molar-refractivity contribution in [3.8, 4) is 0 Å². The second-order valence-corrected chi connectivity index (χ2v) is 12.1. The summed E-state index contributed by atoms with van der Waals surface area (Å²) in [6.07, 6.45) is 0.754. The molecule has 3 aromatic carbocycles. The highest BCUT2D eigenvalue weighted by atomic mass is 79.9. The Kier molecular flexibility index (Phi) is 10.3. The molecule has 1 atom stereocenters. The molecule has 0 saturated carbocycles. The monoisotopic (exact) mass is 649 g/mol. The van der Waals surface area contributed by atoms with Gasteiger partial charge >= 0.3 is 0 Å². The molecule has 7 nitrogen and oxygen atoms in total. The predicted octanol–water partition coefficient (Wildman–Crippen LogP) is 5.35. The largest absolute Gasteiger partial charge is 0.354 e. The van der Waals surface area contributed by atoms with Crippen LogP contribution in [0.1, 0.15) is 25.8 Å². The number of rotatable bonds is 11.